The van der Waals surface area contributed by atoms with E-state index in [0.717, 1.165) is 24.2 Å². The largest absolute Gasteiger partial charge is 0.368 e. The Morgan fingerprint density at radius 2 is 1.88 bits per heavy atom. The molecule has 2 aliphatic rings. The Morgan fingerprint density at radius 1 is 1.15 bits per heavy atom. The molecule has 8 nitrogen and oxygen atoms in total. The Balaban J connectivity index is 1.46. The van der Waals surface area contributed by atoms with Crippen LogP contribution >= 0.6 is 0 Å². The zero-order chi connectivity index (χ0) is 18.3. The Morgan fingerprint density at radius 3 is 2.58 bits per heavy atom. The zero-order valence-electron chi connectivity index (χ0n) is 15.1. The number of hydrogen-bond acceptors (Lipinski definition) is 5. The highest BCUT2D eigenvalue weighted by molar-refractivity contribution is 5.99. The number of aromatic nitrogens is 3. The topological polar surface area (TPSA) is 80.0 Å². The van der Waals surface area contributed by atoms with Crippen LogP contribution in [0.5, 0.6) is 0 Å². The van der Waals surface area contributed by atoms with E-state index in [2.05, 4.69) is 10.1 Å². The fraction of sp³-hybridized carbons (Fsp3) is 0.556. The number of carbonyl (C=O) groups is 2. The minimum atomic E-state index is -0.299. The predicted octanol–water partition coefficient (Wildman–Crippen LogP) is 0.810. The van der Waals surface area contributed by atoms with Crippen molar-refractivity contribution in [3.05, 3.63) is 29.2 Å². The van der Waals surface area contributed by atoms with E-state index in [1.807, 2.05) is 24.8 Å². The number of piperazine rings is 1. The van der Waals surface area contributed by atoms with Crippen LogP contribution in [0, 0.1) is 13.8 Å². The first-order valence-corrected chi connectivity index (χ1v) is 9.06. The summed E-state index contributed by atoms with van der Waals surface area (Å²) in [6, 6.07) is 1.93. The maximum absolute atomic E-state index is 12.9. The van der Waals surface area contributed by atoms with Gasteiger partial charge >= 0.3 is 0 Å². The fourth-order valence-corrected chi connectivity index (χ4v) is 3.70. The van der Waals surface area contributed by atoms with Crippen molar-refractivity contribution in [2.75, 3.05) is 32.8 Å². The molecule has 0 N–H and O–H groups in total. The molecule has 2 aromatic rings. The molecular weight excluding hydrogens is 334 g/mol. The van der Waals surface area contributed by atoms with Crippen molar-refractivity contribution in [3.63, 3.8) is 0 Å². The maximum Gasteiger partial charge on any atom is 0.259 e. The highest BCUT2D eigenvalue weighted by Crippen LogP contribution is 2.18. The van der Waals surface area contributed by atoms with Gasteiger partial charge in [0.2, 0.25) is 0 Å². The number of ether oxygens (including phenoxy) is 1. The third-order valence-electron chi connectivity index (χ3n) is 5.09. The third kappa shape index (κ3) is 2.94. The maximum atomic E-state index is 12.9. The lowest BCUT2D eigenvalue weighted by Crippen LogP contribution is -2.52. The zero-order valence-corrected chi connectivity index (χ0v) is 15.1. The van der Waals surface area contributed by atoms with Gasteiger partial charge in [-0.05, 0) is 32.8 Å². The van der Waals surface area contributed by atoms with Crippen LogP contribution in [0.4, 0.5) is 0 Å². The first kappa shape index (κ1) is 17.0. The summed E-state index contributed by atoms with van der Waals surface area (Å²) in [5.74, 6) is -0.0276. The number of amides is 2. The van der Waals surface area contributed by atoms with E-state index in [1.165, 1.54) is 0 Å². The molecule has 4 heterocycles. The summed E-state index contributed by atoms with van der Waals surface area (Å²) in [6.07, 6.45) is 3.02. The minimum Gasteiger partial charge on any atom is -0.368 e. The molecule has 8 heteroatoms. The van der Waals surface area contributed by atoms with Crippen LogP contribution in [-0.4, -0.2) is 75.1 Å². The highest BCUT2D eigenvalue weighted by atomic mass is 16.5. The summed E-state index contributed by atoms with van der Waals surface area (Å²) < 4.78 is 7.17. The molecular formula is C18H23N5O3. The second kappa shape index (κ2) is 6.68. The Hall–Kier alpha value is -2.48. The summed E-state index contributed by atoms with van der Waals surface area (Å²) in [4.78, 5) is 33.4. The summed E-state index contributed by atoms with van der Waals surface area (Å²) >= 11 is 0. The average molecular weight is 357 g/mol. The van der Waals surface area contributed by atoms with Gasteiger partial charge in [0, 0.05) is 44.2 Å². The Labute approximate surface area is 151 Å². The summed E-state index contributed by atoms with van der Waals surface area (Å²) in [6.45, 7) is 6.61. The highest BCUT2D eigenvalue weighted by Gasteiger charge is 2.32. The molecule has 2 aliphatic heterocycles. The molecule has 138 valence electrons. The molecule has 0 aliphatic carbocycles. The number of fused-ring (bicyclic) bond motifs is 1. The van der Waals surface area contributed by atoms with E-state index in [0.29, 0.717) is 44.0 Å². The van der Waals surface area contributed by atoms with Gasteiger partial charge in [-0.1, -0.05) is 0 Å². The standard InChI is InChI=1S/C18H23N5O3/c1-12-10-13(2)23-16(20-12)14(11-19-23)17(24)21-5-7-22(8-6-21)18(25)15-4-3-9-26-15/h10-11,15H,3-9H2,1-2H3/t15-/m0/s1. The summed E-state index contributed by atoms with van der Waals surface area (Å²) in [5, 5.41) is 4.30. The molecule has 2 fully saturated rings. The van der Waals surface area contributed by atoms with Crippen LogP contribution in [0.1, 0.15) is 34.6 Å². The summed E-state index contributed by atoms with van der Waals surface area (Å²) in [7, 11) is 0. The number of rotatable bonds is 2. The van der Waals surface area contributed by atoms with Gasteiger partial charge in [0.05, 0.1) is 6.20 Å². The van der Waals surface area contributed by atoms with Crippen LogP contribution in [0.3, 0.4) is 0 Å². The smallest absolute Gasteiger partial charge is 0.259 e. The SMILES string of the molecule is Cc1cc(C)n2ncc(C(=O)N3CCN(C(=O)[C@@H]4CCCO4)CC3)c2n1. The molecule has 2 amide bonds. The Kier molecular flexibility index (Phi) is 4.36. The lowest BCUT2D eigenvalue weighted by Gasteiger charge is -2.35. The summed E-state index contributed by atoms with van der Waals surface area (Å²) in [5.41, 5.74) is 2.90. The van der Waals surface area contributed by atoms with E-state index in [9.17, 15) is 9.59 Å². The molecule has 2 aromatic heterocycles. The second-order valence-electron chi connectivity index (χ2n) is 6.95. The van der Waals surface area contributed by atoms with Crippen LogP contribution in [0.15, 0.2) is 12.3 Å². The van der Waals surface area contributed by atoms with Gasteiger partial charge < -0.3 is 14.5 Å². The van der Waals surface area contributed by atoms with Gasteiger partial charge in [-0.2, -0.15) is 5.10 Å². The van der Waals surface area contributed by atoms with E-state index >= 15 is 0 Å². The van der Waals surface area contributed by atoms with Crippen molar-refractivity contribution < 1.29 is 14.3 Å². The minimum absolute atomic E-state index is 0.0542. The first-order chi connectivity index (χ1) is 12.5. The van der Waals surface area contributed by atoms with Crippen LogP contribution in [0.2, 0.25) is 0 Å². The van der Waals surface area contributed by atoms with Crippen LogP contribution < -0.4 is 0 Å². The molecule has 0 aromatic carbocycles. The van der Waals surface area contributed by atoms with Gasteiger partial charge in [0.15, 0.2) is 5.65 Å². The van der Waals surface area contributed by atoms with Gasteiger partial charge in [0.25, 0.3) is 11.8 Å². The molecule has 26 heavy (non-hydrogen) atoms. The quantitative estimate of drug-likeness (QED) is 0.795. The Bertz CT molecular complexity index is 848. The van der Waals surface area contributed by atoms with Gasteiger partial charge in [-0.25, -0.2) is 9.50 Å². The van der Waals surface area contributed by atoms with Gasteiger partial charge in [-0.3, -0.25) is 9.59 Å². The average Bonchev–Trinajstić information content (AvgIpc) is 3.30. The van der Waals surface area contributed by atoms with E-state index in [1.54, 1.807) is 15.6 Å². The third-order valence-corrected chi connectivity index (χ3v) is 5.09. The molecule has 4 rings (SSSR count). The normalized spacial score (nSPS) is 20.8. The lowest BCUT2D eigenvalue weighted by atomic mass is 10.2. The van der Waals surface area contributed by atoms with Crippen molar-refractivity contribution in [2.45, 2.75) is 32.8 Å². The number of nitrogens with zero attached hydrogens (tertiary/aromatic N) is 5. The molecule has 2 saturated heterocycles. The number of aryl methyl sites for hydroxylation is 2. The van der Waals surface area contributed by atoms with Crippen molar-refractivity contribution in [1.29, 1.82) is 0 Å². The van der Waals surface area contributed by atoms with Crippen LogP contribution in [0.25, 0.3) is 5.65 Å². The van der Waals surface area contributed by atoms with E-state index in [-0.39, 0.29) is 17.9 Å². The molecule has 0 spiro atoms. The van der Waals surface area contributed by atoms with E-state index in [4.69, 9.17) is 4.74 Å². The number of hydrogen-bond donors (Lipinski definition) is 0. The van der Waals surface area contributed by atoms with Crippen molar-refractivity contribution >= 4 is 17.5 Å². The van der Waals surface area contributed by atoms with E-state index < -0.39 is 0 Å². The monoisotopic (exact) mass is 357 g/mol. The van der Waals surface area contributed by atoms with Crippen LogP contribution in [-0.2, 0) is 9.53 Å². The van der Waals surface area contributed by atoms with Gasteiger partial charge in [-0.15, -0.1) is 0 Å². The molecule has 0 bridgehead atoms. The molecule has 0 unspecified atom stereocenters. The molecule has 0 saturated carbocycles. The van der Waals surface area contributed by atoms with Crippen molar-refractivity contribution in [3.8, 4) is 0 Å². The number of carbonyl (C=O) groups excluding carboxylic acids is 2. The first-order valence-electron chi connectivity index (χ1n) is 9.06. The van der Waals surface area contributed by atoms with Crippen molar-refractivity contribution in [1.82, 2.24) is 24.4 Å². The molecule has 0 radical (unpaired) electrons. The van der Waals surface area contributed by atoms with Gasteiger partial charge in [0.1, 0.15) is 11.7 Å². The predicted molar refractivity (Wildman–Crippen MR) is 93.9 cm³/mol. The molecule has 1 atom stereocenters. The lowest BCUT2D eigenvalue weighted by molar-refractivity contribution is -0.142. The second-order valence-corrected chi connectivity index (χ2v) is 6.95. The fourth-order valence-electron chi connectivity index (χ4n) is 3.70. The van der Waals surface area contributed by atoms with Crippen molar-refractivity contribution in [2.24, 2.45) is 0 Å².